The Morgan fingerprint density at radius 3 is 2.33 bits per heavy atom. The highest BCUT2D eigenvalue weighted by atomic mass is 127. The zero-order chi connectivity index (χ0) is 16.7. The van der Waals surface area contributed by atoms with Crippen molar-refractivity contribution in [2.24, 2.45) is 10.9 Å². The first-order valence-corrected chi connectivity index (χ1v) is 8.40. The lowest BCUT2D eigenvalue weighted by Gasteiger charge is -2.28. The summed E-state index contributed by atoms with van der Waals surface area (Å²) in [4.78, 5) is 15.8. The fourth-order valence-electron chi connectivity index (χ4n) is 2.90. The molecule has 2 rings (SSSR count). The molecule has 0 atom stereocenters. The average molecular weight is 444 g/mol. The van der Waals surface area contributed by atoms with Gasteiger partial charge in [0.15, 0.2) is 5.96 Å². The summed E-state index contributed by atoms with van der Waals surface area (Å²) >= 11 is 0. The van der Waals surface area contributed by atoms with Crippen molar-refractivity contribution in [3.8, 4) is 0 Å². The minimum Gasteiger partial charge on any atom is -0.355 e. The molecule has 0 aliphatic heterocycles. The molecule has 0 heterocycles. The molecule has 1 aliphatic rings. The summed E-state index contributed by atoms with van der Waals surface area (Å²) in [5.41, 5.74) is 1.80. The molecule has 0 radical (unpaired) electrons. The number of carbonyl (C=O) groups excluding carboxylic acids is 1. The molecule has 0 spiro atoms. The van der Waals surface area contributed by atoms with Crippen molar-refractivity contribution in [2.75, 3.05) is 14.1 Å². The van der Waals surface area contributed by atoms with E-state index in [-0.39, 0.29) is 29.9 Å². The van der Waals surface area contributed by atoms with E-state index in [4.69, 9.17) is 0 Å². The van der Waals surface area contributed by atoms with Crippen LogP contribution in [0.5, 0.6) is 0 Å². The first-order valence-electron chi connectivity index (χ1n) is 8.40. The maximum atomic E-state index is 11.5. The lowest BCUT2D eigenvalue weighted by Crippen LogP contribution is -2.44. The van der Waals surface area contributed by atoms with Gasteiger partial charge in [-0.05, 0) is 49.3 Å². The van der Waals surface area contributed by atoms with Gasteiger partial charge in [-0.2, -0.15) is 0 Å². The van der Waals surface area contributed by atoms with Crippen LogP contribution in [0.1, 0.15) is 48.5 Å². The van der Waals surface area contributed by atoms with Crippen molar-refractivity contribution in [3.63, 3.8) is 0 Å². The molecule has 134 valence electrons. The van der Waals surface area contributed by atoms with Gasteiger partial charge in [-0.15, -0.1) is 24.0 Å². The number of carbonyl (C=O) groups is 1. The fraction of sp³-hybridized carbons (Fsp3) is 0.556. The third-order valence-corrected chi connectivity index (χ3v) is 4.48. The number of benzene rings is 1. The number of aliphatic imine (C=N–C) groups is 1. The fourth-order valence-corrected chi connectivity index (χ4v) is 2.90. The van der Waals surface area contributed by atoms with Gasteiger partial charge in [0.2, 0.25) is 0 Å². The molecular formula is C18H29IN4O. The predicted molar refractivity (Wildman–Crippen MR) is 110 cm³/mol. The maximum absolute atomic E-state index is 11.5. The number of nitrogens with zero attached hydrogens (tertiary/aromatic N) is 1. The number of halogens is 1. The van der Waals surface area contributed by atoms with Crippen LogP contribution in [0.15, 0.2) is 29.3 Å². The summed E-state index contributed by atoms with van der Waals surface area (Å²) in [5.74, 6) is 1.63. The van der Waals surface area contributed by atoms with Gasteiger partial charge in [0.1, 0.15) is 0 Å². The lowest BCUT2D eigenvalue weighted by molar-refractivity contribution is 0.0963. The molecule has 6 heteroatoms. The van der Waals surface area contributed by atoms with Crippen molar-refractivity contribution < 1.29 is 4.79 Å². The highest BCUT2D eigenvalue weighted by Crippen LogP contribution is 2.23. The van der Waals surface area contributed by atoms with Gasteiger partial charge in [-0.25, -0.2) is 0 Å². The van der Waals surface area contributed by atoms with Crippen molar-refractivity contribution in [3.05, 3.63) is 35.4 Å². The number of hydrogen-bond donors (Lipinski definition) is 3. The molecule has 1 fully saturated rings. The topological polar surface area (TPSA) is 65.5 Å². The van der Waals surface area contributed by atoms with E-state index in [1.54, 1.807) is 14.1 Å². The number of nitrogens with one attached hydrogen (secondary N) is 3. The first-order chi connectivity index (χ1) is 11.1. The number of amides is 1. The van der Waals surface area contributed by atoms with Gasteiger partial charge in [0.25, 0.3) is 5.91 Å². The van der Waals surface area contributed by atoms with E-state index < -0.39 is 0 Å². The van der Waals surface area contributed by atoms with Gasteiger partial charge in [0, 0.05) is 32.2 Å². The second-order valence-electron chi connectivity index (χ2n) is 6.30. The Kier molecular flexibility index (Phi) is 9.10. The van der Waals surface area contributed by atoms with E-state index >= 15 is 0 Å². The van der Waals surface area contributed by atoms with Gasteiger partial charge < -0.3 is 16.0 Å². The Morgan fingerprint density at radius 2 is 1.79 bits per heavy atom. The summed E-state index contributed by atoms with van der Waals surface area (Å²) in [7, 11) is 3.44. The van der Waals surface area contributed by atoms with E-state index in [0.717, 1.165) is 17.4 Å². The van der Waals surface area contributed by atoms with E-state index in [0.29, 0.717) is 18.2 Å². The summed E-state index contributed by atoms with van der Waals surface area (Å²) in [6.45, 7) is 3.02. The largest absolute Gasteiger partial charge is 0.355 e. The van der Waals surface area contributed by atoms with Crippen LogP contribution in [-0.2, 0) is 6.54 Å². The summed E-state index contributed by atoms with van der Waals surface area (Å²) in [5, 5.41) is 9.48. The van der Waals surface area contributed by atoms with E-state index in [9.17, 15) is 4.79 Å². The third kappa shape index (κ3) is 6.30. The zero-order valence-electron chi connectivity index (χ0n) is 14.8. The molecular weight excluding hydrogens is 415 g/mol. The zero-order valence-corrected chi connectivity index (χ0v) is 17.1. The summed E-state index contributed by atoms with van der Waals surface area (Å²) < 4.78 is 0. The van der Waals surface area contributed by atoms with Crippen LogP contribution in [-0.4, -0.2) is 32.0 Å². The number of guanidine groups is 1. The minimum atomic E-state index is -0.0616. The molecule has 0 saturated heterocycles. The van der Waals surface area contributed by atoms with Crippen molar-refractivity contribution in [1.29, 1.82) is 0 Å². The Morgan fingerprint density at radius 1 is 1.17 bits per heavy atom. The molecule has 1 aromatic rings. The quantitative estimate of drug-likeness (QED) is 0.380. The second kappa shape index (κ2) is 10.5. The average Bonchev–Trinajstić information content (AvgIpc) is 2.60. The van der Waals surface area contributed by atoms with E-state index in [1.807, 2.05) is 24.3 Å². The Balaban J connectivity index is 0.00000288. The van der Waals surface area contributed by atoms with Crippen molar-refractivity contribution in [2.45, 2.75) is 45.2 Å². The van der Waals surface area contributed by atoms with Crippen LogP contribution < -0.4 is 16.0 Å². The normalized spacial score (nSPS) is 20.7. The van der Waals surface area contributed by atoms with Crippen LogP contribution in [0.25, 0.3) is 0 Å². The molecule has 24 heavy (non-hydrogen) atoms. The highest BCUT2D eigenvalue weighted by molar-refractivity contribution is 14.0. The molecule has 0 aromatic heterocycles. The van der Waals surface area contributed by atoms with E-state index in [2.05, 4.69) is 27.9 Å². The van der Waals surface area contributed by atoms with Gasteiger partial charge in [-0.3, -0.25) is 9.79 Å². The number of hydrogen-bond acceptors (Lipinski definition) is 2. The van der Waals surface area contributed by atoms with Gasteiger partial charge in [0.05, 0.1) is 0 Å². The van der Waals surface area contributed by atoms with Crippen LogP contribution in [0.3, 0.4) is 0 Å². The third-order valence-electron chi connectivity index (χ3n) is 4.48. The molecule has 0 unspecified atom stereocenters. The van der Waals surface area contributed by atoms with Crippen molar-refractivity contribution >= 4 is 35.8 Å². The van der Waals surface area contributed by atoms with Gasteiger partial charge in [-0.1, -0.05) is 19.1 Å². The molecule has 3 N–H and O–H groups in total. The smallest absolute Gasteiger partial charge is 0.251 e. The summed E-state index contributed by atoms with van der Waals surface area (Å²) in [6.07, 6.45) is 5.00. The highest BCUT2D eigenvalue weighted by Gasteiger charge is 2.18. The standard InChI is InChI=1S/C18H28N4O.HI/c1-13-4-10-16(11-5-13)22-18(20-3)21-12-14-6-8-15(9-7-14)17(23)19-2;/h6-9,13,16H,4-5,10-12H2,1-3H3,(H,19,23)(H2,20,21,22);1H. The Bertz CT molecular complexity index is 536. The predicted octanol–water partition coefficient (Wildman–Crippen LogP) is 2.91. The van der Waals surface area contributed by atoms with Crippen LogP contribution >= 0.6 is 24.0 Å². The number of rotatable bonds is 4. The van der Waals surface area contributed by atoms with Crippen LogP contribution in [0, 0.1) is 5.92 Å². The van der Waals surface area contributed by atoms with E-state index in [1.165, 1.54) is 25.7 Å². The SMILES string of the molecule is CN=C(NCc1ccc(C(=O)NC)cc1)NC1CCC(C)CC1.I. The Hall–Kier alpha value is -1.31. The molecule has 1 amide bonds. The Labute approximate surface area is 162 Å². The first kappa shape index (κ1) is 20.7. The molecule has 5 nitrogen and oxygen atoms in total. The lowest BCUT2D eigenvalue weighted by atomic mass is 9.87. The van der Waals surface area contributed by atoms with Crippen LogP contribution in [0.4, 0.5) is 0 Å². The van der Waals surface area contributed by atoms with Crippen molar-refractivity contribution in [1.82, 2.24) is 16.0 Å². The minimum absolute atomic E-state index is 0. The monoisotopic (exact) mass is 444 g/mol. The second-order valence-corrected chi connectivity index (χ2v) is 6.30. The summed E-state index contributed by atoms with van der Waals surface area (Å²) in [6, 6.07) is 8.14. The molecule has 0 bridgehead atoms. The maximum Gasteiger partial charge on any atom is 0.251 e. The van der Waals surface area contributed by atoms with Crippen LogP contribution in [0.2, 0.25) is 0 Å². The molecule has 1 aliphatic carbocycles. The molecule has 1 saturated carbocycles. The van der Waals surface area contributed by atoms with Gasteiger partial charge >= 0.3 is 0 Å². The molecule has 1 aromatic carbocycles.